The molecule has 2 heterocycles. The van der Waals surface area contributed by atoms with Crippen molar-refractivity contribution in [3.05, 3.63) is 17.5 Å². The first-order valence-electron chi connectivity index (χ1n) is 10.1. The molecule has 0 saturated carbocycles. The average Bonchev–Trinajstić information content (AvgIpc) is 2.68. The molecule has 1 aromatic heterocycles. The van der Waals surface area contributed by atoms with Crippen molar-refractivity contribution in [1.82, 2.24) is 19.8 Å². The zero-order valence-corrected chi connectivity index (χ0v) is 16.7. The summed E-state index contributed by atoms with van der Waals surface area (Å²) < 4.78 is 0. The van der Waals surface area contributed by atoms with Gasteiger partial charge in [0.1, 0.15) is 0 Å². The number of carbonyl (C=O) groups excluding carboxylic acids is 1. The molecule has 1 aromatic rings. The van der Waals surface area contributed by atoms with Crippen molar-refractivity contribution >= 4 is 11.9 Å². The van der Waals surface area contributed by atoms with E-state index in [0.717, 1.165) is 75.5 Å². The van der Waals surface area contributed by atoms with Crippen LogP contribution in [0.4, 0.5) is 5.95 Å². The van der Waals surface area contributed by atoms with Crippen LogP contribution in [0.5, 0.6) is 0 Å². The van der Waals surface area contributed by atoms with E-state index in [1.165, 1.54) is 0 Å². The largest absolute Gasteiger partial charge is 0.342 e. The number of aromatic nitrogens is 2. The Hall–Kier alpha value is -1.69. The number of fused-ring (bicyclic) bond motifs is 1. The van der Waals surface area contributed by atoms with Gasteiger partial charge in [-0.2, -0.15) is 0 Å². The lowest BCUT2D eigenvalue weighted by Crippen LogP contribution is -2.47. The van der Waals surface area contributed by atoms with E-state index in [-0.39, 0.29) is 5.92 Å². The number of hydrogen-bond acceptors (Lipinski definition) is 5. The molecule has 0 radical (unpaired) electrons. The number of likely N-dealkylation sites (tertiary alicyclic amines) is 1. The molecule has 1 atom stereocenters. The molecule has 0 N–H and O–H groups in total. The van der Waals surface area contributed by atoms with Gasteiger partial charge >= 0.3 is 0 Å². The minimum Gasteiger partial charge on any atom is -0.342 e. The standard InChI is InChI=1S/C20H33N5O/c1-5-25(6-2)20-21-14-16-13-15(7-8-18(16)22-20)19(26)24(4)17-9-11-23(3)12-10-17/h14-15,17H,5-13H2,1-4H3. The van der Waals surface area contributed by atoms with Crippen LogP contribution in [-0.4, -0.2) is 72.0 Å². The number of rotatable bonds is 5. The Bertz CT molecular complexity index is 623. The number of nitrogens with zero attached hydrogens (tertiary/aromatic N) is 5. The van der Waals surface area contributed by atoms with E-state index in [2.05, 4.69) is 35.7 Å². The molecule has 0 bridgehead atoms. The maximum Gasteiger partial charge on any atom is 0.226 e. The molecule has 6 nitrogen and oxygen atoms in total. The minimum atomic E-state index is 0.0788. The number of hydrogen-bond donors (Lipinski definition) is 0. The Morgan fingerprint density at radius 2 is 1.92 bits per heavy atom. The highest BCUT2D eigenvalue weighted by molar-refractivity contribution is 5.79. The maximum atomic E-state index is 13.0. The highest BCUT2D eigenvalue weighted by Gasteiger charge is 2.32. The lowest BCUT2D eigenvalue weighted by molar-refractivity contribution is -0.137. The molecule has 1 fully saturated rings. The van der Waals surface area contributed by atoms with Crippen molar-refractivity contribution in [3.8, 4) is 0 Å². The van der Waals surface area contributed by atoms with Gasteiger partial charge in [0.15, 0.2) is 0 Å². The van der Waals surface area contributed by atoms with Gasteiger partial charge in [-0.25, -0.2) is 9.97 Å². The van der Waals surface area contributed by atoms with Crippen molar-refractivity contribution in [1.29, 1.82) is 0 Å². The highest BCUT2D eigenvalue weighted by atomic mass is 16.2. The number of anilines is 1. The minimum absolute atomic E-state index is 0.0788. The third-order valence-corrected chi connectivity index (χ3v) is 6.12. The average molecular weight is 360 g/mol. The summed E-state index contributed by atoms with van der Waals surface area (Å²) in [6, 6.07) is 0.390. The van der Waals surface area contributed by atoms with Crippen LogP contribution in [-0.2, 0) is 17.6 Å². The Kier molecular flexibility index (Phi) is 6.12. The summed E-state index contributed by atoms with van der Waals surface area (Å²) >= 11 is 0. The van der Waals surface area contributed by atoms with E-state index in [9.17, 15) is 4.79 Å². The molecule has 1 unspecified atom stereocenters. The van der Waals surface area contributed by atoms with Gasteiger partial charge < -0.3 is 14.7 Å². The first kappa shape index (κ1) is 19.1. The number of amides is 1. The summed E-state index contributed by atoms with van der Waals surface area (Å²) in [7, 11) is 4.15. The van der Waals surface area contributed by atoms with E-state index in [0.29, 0.717) is 11.9 Å². The maximum absolute atomic E-state index is 13.0. The van der Waals surface area contributed by atoms with Crippen LogP contribution in [0.2, 0.25) is 0 Å². The van der Waals surface area contributed by atoms with Gasteiger partial charge in [-0.3, -0.25) is 4.79 Å². The molecule has 2 aliphatic rings. The predicted octanol–water partition coefficient (Wildman–Crippen LogP) is 1.98. The molecule has 0 spiro atoms. The van der Waals surface area contributed by atoms with Crippen LogP contribution >= 0.6 is 0 Å². The zero-order valence-electron chi connectivity index (χ0n) is 16.7. The number of carbonyl (C=O) groups is 1. The quantitative estimate of drug-likeness (QED) is 0.805. The van der Waals surface area contributed by atoms with Crippen LogP contribution in [0.3, 0.4) is 0 Å². The van der Waals surface area contributed by atoms with Crippen LogP contribution in [0.15, 0.2) is 6.20 Å². The normalized spacial score (nSPS) is 21.3. The summed E-state index contributed by atoms with van der Waals surface area (Å²) in [5, 5.41) is 0. The molecular formula is C20H33N5O. The Labute approximate surface area is 157 Å². The van der Waals surface area contributed by atoms with E-state index < -0.39 is 0 Å². The molecule has 0 aromatic carbocycles. The highest BCUT2D eigenvalue weighted by Crippen LogP contribution is 2.28. The second-order valence-corrected chi connectivity index (χ2v) is 7.74. The van der Waals surface area contributed by atoms with Crippen molar-refractivity contribution in [3.63, 3.8) is 0 Å². The summed E-state index contributed by atoms with van der Waals surface area (Å²) in [6.07, 6.45) is 6.67. The van der Waals surface area contributed by atoms with E-state index in [4.69, 9.17) is 4.98 Å². The third kappa shape index (κ3) is 4.00. The molecule has 1 aliphatic heterocycles. The van der Waals surface area contributed by atoms with Crippen molar-refractivity contribution in [2.24, 2.45) is 5.92 Å². The Morgan fingerprint density at radius 3 is 2.58 bits per heavy atom. The summed E-state index contributed by atoms with van der Waals surface area (Å²) in [6.45, 7) is 8.24. The van der Waals surface area contributed by atoms with Crippen LogP contribution in [0, 0.1) is 5.92 Å². The van der Waals surface area contributed by atoms with Crippen LogP contribution < -0.4 is 4.90 Å². The zero-order chi connectivity index (χ0) is 18.7. The van der Waals surface area contributed by atoms with Gasteiger partial charge in [-0.1, -0.05) is 0 Å². The molecule has 1 aliphatic carbocycles. The second-order valence-electron chi connectivity index (χ2n) is 7.74. The van der Waals surface area contributed by atoms with Gasteiger partial charge in [0.2, 0.25) is 11.9 Å². The molecule has 26 heavy (non-hydrogen) atoms. The summed E-state index contributed by atoms with van der Waals surface area (Å²) in [5.74, 6) is 1.20. The van der Waals surface area contributed by atoms with Gasteiger partial charge in [0, 0.05) is 44.0 Å². The lowest BCUT2D eigenvalue weighted by atomic mass is 9.86. The van der Waals surface area contributed by atoms with Crippen LogP contribution in [0.25, 0.3) is 0 Å². The first-order valence-corrected chi connectivity index (χ1v) is 10.1. The molecule has 1 amide bonds. The molecule has 6 heteroatoms. The SMILES string of the molecule is CCN(CC)c1ncc2c(n1)CCC(C(=O)N(C)C1CCN(C)CC1)C2. The molecule has 144 valence electrons. The van der Waals surface area contributed by atoms with Gasteiger partial charge in [-0.05, 0) is 71.7 Å². The van der Waals surface area contributed by atoms with Crippen molar-refractivity contribution < 1.29 is 4.79 Å². The molecule has 3 rings (SSSR count). The van der Waals surface area contributed by atoms with Crippen molar-refractivity contribution in [2.45, 2.75) is 52.0 Å². The van der Waals surface area contributed by atoms with Gasteiger partial charge in [-0.15, -0.1) is 0 Å². The van der Waals surface area contributed by atoms with E-state index >= 15 is 0 Å². The monoisotopic (exact) mass is 359 g/mol. The van der Waals surface area contributed by atoms with Crippen molar-refractivity contribution in [2.75, 3.05) is 45.2 Å². The third-order valence-electron chi connectivity index (χ3n) is 6.12. The number of aryl methyl sites for hydroxylation is 1. The summed E-state index contributed by atoms with van der Waals surface area (Å²) in [4.78, 5) is 28.9. The Morgan fingerprint density at radius 1 is 1.23 bits per heavy atom. The number of piperidine rings is 1. The van der Waals surface area contributed by atoms with Crippen LogP contribution in [0.1, 0.15) is 44.4 Å². The van der Waals surface area contributed by atoms with E-state index in [1.54, 1.807) is 0 Å². The van der Waals surface area contributed by atoms with Gasteiger partial charge in [0.05, 0.1) is 0 Å². The van der Waals surface area contributed by atoms with E-state index in [1.807, 2.05) is 18.1 Å². The fourth-order valence-electron chi connectivity index (χ4n) is 4.22. The fraction of sp³-hybridized carbons (Fsp3) is 0.750. The molecule has 1 saturated heterocycles. The predicted molar refractivity (Wildman–Crippen MR) is 104 cm³/mol. The second kappa shape index (κ2) is 8.33. The topological polar surface area (TPSA) is 52.6 Å². The Balaban J connectivity index is 1.65. The van der Waals surface area contributed by atoms with Gasteiger partial charge in [0.25, 0.3) is 0 Å². The first-order chi connectivity index (χ1) is 12.5. The fourth-order valence-corrected chi connectivity index (χ4v) is 4.22. The summed E-state index contributed by atoms with van der Waals surface area (Å²) in [5.41, 5.74) is 2.29. The molecular weight excluding hydrogens is 326 g/mol. The smallest absolute Gasteiger partial charge is 0.226 e. The lowest BCUT2D eigenvalue weighted by Gasteiger charge is -2.37.